The summed E-state index contributed by atoms with van der Waals surface area (Å²) in [5.41, 5.74) is 4.97. The number of ether oxygens (including phenoxy) is 3. The maximum atomic E-state index is 13.0. The first-order valence-electron chi connectivity index (χ1n) is 26.2. The Morgan fingerprint density at radius 3 is 1.41 bits per heavy atom. The molecule has 10 heteroatoms. The smallest absolute Gasteiger partial charge is 0.351 e. The average Bonchev–Trinajstić information content (AvgIpc) is 3.57. The summed E-state index contributed by atoms with van der Waals surface area (Å²) in [7, 11) is 0. The number of aliphatic hydroxyl groups excluding tert-OH is 1. The van der Waals surface area contributed by atoms with Crippen molar-refractivity contribution in [3.8, 4) is 0 Å². The number of hydrogen-bond donors (Lipinski definition) is 2. The summed E-state index contributed by atoms with van der Waals surface area (Å²) in [6.45, 7) is 4.33. The van der Waals surface area contributed by atoms with Gasteiger partial charge >= 0.3 is 17.6 Å². The van der Waals surface area contributed by atoms with Crippen LogP contribution in [0.2, 0.25) is 0 Å². The Hall–Kier alpha value is -2.98. The Kier molecular flexibility index (Phi) is 35.1. The van der Waals surface area contributed by atoms with Gasteiger partial charge in [0.15, 0.2) is 12.3 Å². The summed E-state index contributed by atoms with van der Waals surface area (Å²) in [5, 5.41) is 11.2. The van der Waals surface area contributed by atoms with Crippen molar-refractivity contribution in [3.05, 3.63) is 47.1 Å². The highest BCUT2D eigenvalue weighted by atomic mass is 16.6. The lowest BCUT2D eigenvalue weighted by Crippen LogP contribution is -2.39. The second-order valence-corrected chi connectivity index (χ2v) is 18.2. The number of nitrogen functional groups attached to an aromatic ring is 1. The number of carbonyl (C=O) groups excluding carboxylic acids is 2. The lowest BCUT2D eigenvalue weighted by molar-refractivity contribution is -0.160. The van der Waals surface area contributed by atoms with E-state index in [1.165, 1.54) is 186 Å². The zero-order valence-corrected chi connectivity index (χ0v) is 40.3. The standard InChI is InChI=1S/C53H93N3O7/c1-3-5-7-9-11-13-15-17-19-21-23-25-27-29-31-33-35-37-39-41-48(57)61-45-46-51(50(59)52(62-46)56-44-43-47(54)55-53(56)60)63-49(58)42-40-38-36-34-32-30-28-26-24-22-20-18-16-14-12-10-8-6-4-2/h17-20,43-44,46,50-52,59H,3-16,21-42,45H2,1-2H3,(H2,54,55,60)/b19-17-,20-18-/t46-,50+,51-,52-/m1/s1. The van der Waals surface area contributed by atoms with E-state index in [0.29, 0.717) is 6.42 Å². The highest BCUT2D eigenvalue weighted by Gasteiger charge is 2.48. The zero-order valence-electron chi connectivity index (χ0n) is 40.3. The van der Waals surface area contributed by atoms with Crippen LogP contribution >= 0.6 is 0 Å². The van der Waals surface area contributed by atoms with E-state index >= 15 is 0 Å². The summed E-state index contributed by atoms with van der Waals surface area (Å²) in [5.74, 6) is -0.767. The van der Waals surface area contributed by atoms with Crippen LogP contribution in [0.5, 0.6) is 0 Å². The van der Waals surface area contributed by atoms with Gasteiger partial charge in [0.25, 0.3) is 0 Å². The van der Waals surface area contributed by atoms with Crippen LogP contribution in [0.15, 0.2) is 41.4 Å². The van der Waals surface area contributed by atoms with E-state index in [-0.39, 0.29) is 31.2 Å². The third kappa shape index (κ3) is 29.2. The number of rotatable bonds is 42. The number of hydrogen-bond acceptors (Lipinski definition) is 9. The Morgan fingerprint density at radius 1 is 0.619 bits per heavy atom. The van der Waals surface area contributed by atoms with Gasteiger partial charge in [-0.05, 0) is 70.3 Å². The van der Waals surface area contributed by atoms with Gasteiger partial charge in [-0.15, -0.1) is 0 Å². The number of allylic oxidation sites excluding steroid dienone is 4. The molecule has 2 rings (SSSR count). The minimum atomic E-state index is -1.36. The van der Waals surface area contributed by atoms with Crippen LogP contribution in [0.3, 0.4) is 0 Å². The van der Waals surface area contributed by atoms with Gasteiger partial charge in [0.1, 0.15) is 24.6 Å². The van der Waals surface area contributed by atoms with Gasteiger partial charge in [-0.2, -0.15) is 4.98 Å². The summed E-state index contributed by atoms with van der Waals surface area (Å²) >= 11 is 0. The first-order chi connectivity index (χ1) is 30.9. The molecule has 1 aliphatic rings. The minimum Gasteiger partial charge on any atom is -0.463 e. The van der Waals surface area contributed by atoms with Gasteiger partial charge in [-0.25, -0.2) is 4.79 Å². The maximum absolute atomic E-state index is 13.0. The van der Waals surface area contributed by atoms with Crippen LogP contribution in [0, 0.1) is 0 Å². The fourth-order valence-electron chi connectivity index (χ4n) is 8.40. The van der Waals surface area contributed by atoms with Crippen LogP contribution in [0.1, 0.15) is 251 Å². The molecule has 1 aromatic heterocycles. The zero-order chi connectivity index (χ0) is 45.4. The maximum Gasteiger partial charge on any atom is 0.351 e. The molecule has 0 radical (unpaired) electrons. The predicted octanol–water partition coefficient (Wildman–Crippen LogP) is 13.7. The molecule has 0 amide bonds. The van der Waals surface area contributed by atoms with E-state index in [0.717, 1.165) is 43.1 Å². The molecule has 0 bridgehead atoms. The van der Waals surface area contributed by atoms with E-state index < -0.39 is 36.2 Å². The lowest BCUT2D eigenvalue weighted by atomic mass is 10.1. The highest BCUT2D eigenvalue weighted by Crippen LogP contribution is 2.31. The van der Waals surface area contributed by atoms with Gasteiger partial charge in [-0.3, -0.25) is 14.2 Å². The van der Waals surface area contributed by atoms with Crippen molar-refractivity contribution in [3.63, 3.8) is 0 Å². The SMILES string of the molecule is CCCCCCCC/C=C\CCCCCCCCCCCC(=O)OC[C@H]1O[C@@H](n2ccc(N)nc2=O)[C@@H](O)[C@@H]1OC(=O)CCCCCCCCCCC/C=C\CCCCCCCC. The topological polar surface area (TPSA) is 143 Å². The van der Waals surface area contributed by atoms with Crippen molar-refractivity contribution in [1.82, 2.24) is 9.55 Å². The lowest BCUT2D eigenvalue weighted by Gasteiger charge is -2.21. The monoisotopic (exact) mass is 884 g/mol. The number of carbonyl (C=O) groups is 2. The molecule has 1 fully saturated rings. The van der Waals surface area contributed by atoms with Crippen LogP contribution in [-0.4, -0.2) is 51.5 Å². The Balaban J connectivity index is 1.58. The summed E-state index contributed by atoms with van der Waals surface area (Å²) < 4.78 is 18.4. The predicted molar refractivity (Wildman–Crippen MR) is 260 cm³/mol. The summed E-state index contributed by atoms with van der Waals surface area (Å²) in [4.78, 5) is 42.0. The second-order valence-electron chi connectivity index (χ2n) is 18.2. The molecule has 63 heavy (non-hydrogen) atoms. The molecule has 4 atom stereocenters. The number of aromatic nitrogens is 2. The third-order valence-electron chi connectivity index (χ3n) is 12.4. The molecular formula is C53H93N3O7. The normalized spacial score (nSPS) is 17.6. The van der Waals surface area contributed by atoms with Crippen molar-refractivity contribution in [2.24, 2.45) is 0 Å². The van der Waals surface area contributed by atoms with Gasteiger partial charge in [0.2, 0.25) is 0 Å². The Bertz CT molecular complexity index is 1380. The highest BCUT2D eigenvalue weighted by molar-refractivity contribution is 5.70. The van der Waals surface area contributed by atoms with Crippen LogP contribution in [0.25, 0.3) is 0 Å². The molecule has 0 unspecified atom stereocenters. The van der Waals surface area contributed by atoms with Crippen LogP contribution < -0.4 is 11.4 Å². The number of esters is 2. The molecule has 1 aliphatic heterocycles. The molecule has 2 heterocycles. The fraction of sp³-hybridized carbons (Fsp3) is 0.811. The molecule has 0 aromatic carbocycles. The molecule has 1 aromatic rings. The fourth-order valence-corrected chi connectivity index (χ4v) is 8.40. The van der Waals surface area contributed by atoms with Crippen LogP contribution in [-0.2, 0) is 23.8 Å². The van der Waals surface area contributed by atoms with E-state index in [1.54, 1.807) is 0 Å². The molecule has 0 aliphatic carbocycles. The van der Waals surface area contributed by atoms with E-state index in [4.69, 9.17) is 19.9 Å². The largest absolute Gasteiger partial charge is 0.463 e. The molecule has 10 nitrogen and oxygen atoms in total. The van der Waals surface area contributed by atoms with Gasteiger partial charge < -0.3 is 25.1 Å². The van der Waals surface area contributed by atoms with Gasteiger partial charge in [-0.1, -0.05) is 192 Å². The number of anilines is 1. The first-order valence-corrected chi connectivity index (χ1v) is 26.2. The Morgan fingerprint density at radius 2 is 1.00 bits per heavy atom. The Labute approximate surface area is 384 Å². The molecular weight excluding hydrogens is 791 g/mol. The van der Waals surface area contributed by atoms with Crippen molar-refractivity contribution >= 4 is 17.8 Å². The molecule has 3 N–H and O–H groups in total. The third-order valence-corrected chi connectivity index (χ3v) is 12.4. The molecule has 0 saturated carbocycles. The summed E-state index contributed by atoms with van der Waals surface area (Å²) in [6.07, 6.45) is 48.4. The van der Waals surface area contributed by atoms with Crippen molar-refractivity contribution in [2.45, 2.75) is 270 Å². The molecule has 1 saturated heterocycles. The molecule has 362 valence electrons. The molecule has 0 spiro atoms. The van der Waals surface area contributed by atoms with Crippen molar-refractivity contribution in [1.29, 1.82) is 0 Å². The number of nitrogens with zero attached hydrogens (tertiary/aromatic N) is 2. The number of unbranched alkanes of at least 4 members (excludes halogenated alkanes) is 30. The van der Waals surface area contributed by atoms with E-state index in [2.05, 4.69) is 43.1 Å². The van der Waals surface area contributed by atoms with E-state index in [9.17, 15) is 19.5 Å². The van der Waals surface area contributed by atoms with Crippen LogP contribution in [0.4, 0.5) is 5.82 Å². The minimum absolute atomic E-state index is 0.0436. The van der Waals surface area contributed by atoms with Crippen molar-refractivity contribution < 1.29 is 28.9 Å². The second kappa shape index (κ2) is 39.4. The number of aliphatic hydroxyl groups is 1. The quantitative estimate of drug-likeness (QED) is 0.0372. The first kappa shape index (κ1) is 56.2. The summed E-state index contributed by atoms with van der Waals surface area (Å²) in [6, 6.07) is 1.43. The number of nitrogens with two attached hydrogens (primary N) is 1. The van der Waals surface area contributed by atoms with E-state index in [1.807, 2.05) is 0 Å². The average molecular weight is 884 g/mol. The van der Waals surface area contributed by atoms with Crippen molar-refractivity contribution in [2.75, 3.05) is 12.3 Å². The van der Waals surface area contributed by atoms with Gasteiger partial charge in [0, 0.05) is 19.0 Å². The van der Waals surface area contributed by atoms with Gasteiger partial charge in [0.05, 0.1) is 0 Å².